The normalized spacial score (nSPS) is 11.2. The Morgan fingerprint density at radius 2 is 0.841 bits per heavy atom. The van der Waals surface area contributed by atoms with Gasteiger partial charge in [-0.3, -0.25) is 9.97 Å². The molecule has 8 rings (SSSR count). The Bertz CT molecular complexity index is 2140. The molecule has 3 heterocycles. The van der Waals surface area contributed by atoms with Crippen molar-refractivity contribution in [2.45, 2.75) is 0 Å². The van der Waals surface area contributed by atoms with Gasteiger partial charge in [-0.15, -0.1) is 0 Å². The van der Waals surface area contributed by atoms with Crippen molar-refractivity contribution in [1.82, 2.24) is 15.0 Å². The second-order valence-corrected chi connectivity index (χ2v) is 11.0. The van der Waals surface area contributed by atoms with E-state index in [1.54, 1.807) is 12.4 Å². The molecule has 0 fully saturated rings. The van der Waals surface area contributed by atoms with Crippen LogP contribution in [0, 0.1) is 0 Å². The summed E-state index contributed by atoms with van der Waals surface area (Å²) in [5, 5.41) is 5.02. The molecule has 0 spiro atoms. The highest BCUT2D eigenvalue weighted by Gasteiger charge is 2.11. The molecule has 206 valence electrons. The van der Waals surface area contributed by atoms with E-state index >= 15 is 0 Å². The lowest BCUT2D eigenvalue weighted by Gasteiger charge is -2.12. The van der Waals surface area contributed by atoms with E-state index in [0.717, 1.165) is 55.9 Å². The molecule has 0 N–H and O–H groups in total. The van der Waals surface area contributed by atoms with Crippen LogP contribution in [0.1, 0.15) is 0 Å². The Hall–Kier alpha value is -5.93. The summed E-state index contributed by atoms with van der Waals surface area (Å²) in [6.45, 7) is 0. The van der Waals surface area contributed by atoms with Crippen molar-refractivity contribution in [2.75, 3.05) is 0 Å². The molecule has 0 bridgehead atoms. The lowest BCUT2D eigenvalue weighted by molar-refractivity contribution is 1.31. The molecule has 0 aliphatic heterocycles. The van der Waals surface area contributed by atoms with Gasteiger partial charge in [0.05, 0.1) is 11.4 Å². The molecule has 0 aliphatic rings. The first-order valence-electron chi connectivity index (χ1n) is 14.7. The molecule has 0 radical (unpaired) electrons. The van der Waals surface area contributed by atoms with Crippen LogP contribution in [0.5, 0.6) is 0 Å². The lowest BCUT2D eigenvalue weighted by Crippen LogP contribution is -1.92. The van der Waals surface area contributed by atoms with E-state index in [4.69, 9.17) is 4.98 Å². The van der Waals surface area contributed by atoms with Crippen molar-refractivity contribution in [2.24, 2.45) is 0 Å². The second-order valence-electron chi connectivity index (χ2n) is 11.0. The standard InChI is InChI=1S/C41H27N3/c1-2-8-38-30(5-1)13-18-34-23-33(19-20-39(34)38)37-24-40(31-14-9-28(10-15-31)35-6-3-21-42-26-35)44-41(25-37)32-16-11-29(12-17-32)36-7-4-22-43-27-36/h1-27H. The van der Waals surface area contributed by atoms with Gasteiger partial charge in [0.1, 0.15) is 0 Å². The number of benzene rings is 5. The molecule has 3 nitrogen and oxygen atoms in total. The highest BCUT2D eigenvalue weighted by molar-refractivity contribution is 6.08. The van der Waals surface area contributed by atoms with Crippen LogP contribution in [-0.2, 0) is 0 Å². The highest BCUT2D eigenvalue weighted by atomic mass is 14.7. The van der Waals surface area contributed by atoms with Gasteiger partial charge in [-0.1, -0.05) is 109 Å². The van der Waals surface area contributed by atoms with Crippen LogP contribution in [0.4, 0.5) is 0 Å². The van der Waals surface area contributed by atoms with Crippen molar-refractivity contribution >= 4 is 21.5 Å². The van der Waals surface area contributed by atoms with Gasteiger partial charge < -0.3 is 0 Å². The number of hydrogen-bond donors (Lipinski definition) is 0. The highest BCUT2D eigenvalue weighted by Crippen LogP contribution is 2.35. The molecule has 0 saturated carbocycles. The summed E-state index contributed by atoms with van der Waals surface area (Å²) < 4.78 is 0. The van der Waals surface area contributed by atoms with E-state index in [9.17, 15) is 0 Å². The van der Waals surface area contributed by atoms with Gasteiger partial charge in [0.2, 0.25) is 0 Å². The summed E-state index contributed by atoms with van der Waals surface area (Å²) in [6, 6.07) is 49.4. The zero-order valence-electron chi connectivity index (χ0n) is 23.9. The Labute approximate surface area is 256 Å². The van der Waals surface area contributed by atoms with Crippen LogP contribution in [0.15, 0.2) is 164 Å². The predicted octanol–water partition coefficient (Wildman–Crippen LogP) is 10.5. The molecule has 5 aromatic carbocycles. The largest absolute Gasteiger partial charge is 0.264 e. The first-order valence-corrected chi connectivity index (χ1v) is 14.7. The number of nitrogens with zero attached hydrogens (tertiary/aromatic N) is 3. The topological polar surface area (TPSA) is 38.7 Å². The van der Waals surface area contributed by atoms with Crippen LogP contribution >= 0.6 is 0 Å². The van der Waals surface area contributed by atoms with Crippen LogP contribution in [0.2, 0.25) is 0 Å². The van der Waals surface area contributed by atoms with Gasteiger partial charge in [-0.25, -0.2) is 4.98 Å². The maximum absolute atomic E-state index is 5.18. The van der Waals surface area contributed by atoms with E-state index in [1.807, 2.05) is 24.5 Å². The zero-order valence-corrected chi connectivity index (χ0v) is 23.9. The van der Waals surface area contributed by atoms with E-state index in [0.29, 0.717) is 0 Å². The Kier molecular flexibility index (Phi) is 6.47. The summed E-state index contributed by atoms with van der Waals surface area (Å²) in [6.07, 6.45) is 7.38. The van der Waals surface area contributed by atoms with Crippen LogP contribution in [-0.4, -0.2) is 15.0 Å². The molecule has 44 heavy (non-hydrogen) atoms. The molecular formula is C41H27N3. The van der Waals surface area contributed by atoms with Gasteiger partial charge in [-0.05, 0) is 85.3 Å². The zero-order chi connectivity index (χ0) is 29.3. The predicted molar refractivity (Wildman–Crippen MR) is 182 cm³/mol. The molecule has 0 unspecified atom stereocenters. The Balaban J connectivity index is 1.24. The first kappa shape index (κ1) is 25.8. The summed E-state index contributed by atoms with van der Waals surface area (Å²) in [4.78, 5) is 13.7. The van der Waals surface area contributed by atoms with E-state index in [2.05, 4.69) is 137 Å². The van der Waals surface area contributed by atoms with Crippen LogP contribution in [0.3, 0.4) is 0 Å². The lowest BCUT2D eigenvalue weighted by atomic mass is 9.95. The van der Waals surface area contributed by atoms with Gasteiger partial charge >= 0.3 is 0 Å². The number of pyridine rings is 3. The fraction of sp³-hybridized carbons (Fsp3) is 0. The van der Waals surface area contributed by atoms with Gasteiger partial charge in [0.25, 0.3) is 0 Å². The van der Waals surface area contributed by atoms with E-state index in [-0.39, 0.29) is 0 Å². The second kappa shape index (κ2) is 11.0. The van der Waals surface area contributed by atoms with Crippen molar-refractivity contribution in [3.63, 3.8) is 0 Å². The van der Waals surface area contributed by atoms with Gasteiger partial charge in [-0.2, -0.15) is 0 Å². The summed E-state index contributed by atoms with van der Waals surface area (Å²) in [7, 11) is 0. The third-order valence-electron chi connectivity index (χ3n) is 8.25. The fourth-order valence-electron chi connectivity index (χ4n) is 5.92. The van der Waals surface area contributed by atoms with Gasteiger partial charge in [0.15, 0.2) is 0 Å². The minimum absolute atomic E-state index is 0.935. The molecular weight excluding hydrogens is 534 g/mol. The van der Waals surface area contributed by atoms with Crippen molar-refractivity contribution in [3.8, 4) is 55.9 Å². The van der Waals surface area contributed by atoms with Crippen molar-refractivity contribution in [3.05, 3.63) is 164 Å². The Morgan fingerprint density at radius 1 is 0.318 bits per heavy atom. The number of hydrogen-bond acceptors (Lipinski definition) is 3. The summed E-state index contributed by atoms with van der Waals surface area (Å²) in [5.74, 6) is 0. The summed E-state index contributed by atoms with van der Waals surface area (Å²) in [5.41, 5.74) is 10.8. The minimum atomic E-state index is 0.935. The van der Waals surface area contributed by atoms with Gasteiger partial charge in [0, 0.05) is 35.9 Å². The summed E-state index contributed by atoms with van der Waals surface area (Å²) >= 11 is 0. The maximum atomic E-state index is 5.18. The number of aromatic nitrogens is 3. The minimum Gasteiger partial charge on any atom is -0.264 e. The molecule has 3 aromatic heterocycles. The third-order valence-corrected chi connectivity index (χ3v) is 8.25. The number of rotatable bonds is 5. The maximum Gasteiger partial charge on any atom is 0.0715 e. The van der Waals surface area contributed by atoms with Crippen LogP contribution < -0.4 is 0 Å². The van der Waals surface area contributed by atoms with Crippen LogP contribution in [0.25, 0.3) is 77.4 Å². The first-order chi connectivity index (χ1) is 21.8. The van der Waals surface area contributed by atoms with E-state index < -0.39 is 0 Å². The molecule has 0 atom stereocenters. The smallest absolute Gasteiger partial charge is 0.0715 e. The monoisotopic (exact) mass is 561 g/mol. The fourth-order valence-corrected chi connectivity index (χ4v) is 5.92. The van der Waals surface area contributed by atoms with E-state index in [1.165, 1.54) is 21.5 Å². The average Bonchev–Trinajstić information content (AvgIpc) is 3.12. The SMILES string of the molecule is c1cncc(-c2ccc(-c3cc(-c4ccc5c(ccc6ccccc65)c4)cc(-c4ccc(-c5cccnc5)cc4)n3)cc2)c1. The molecule has 0 aliphatic carbocycles. The molecule has 0 amide bonds. The molecule has 0 saturated heterocycles. The third kappa shape index (κ3) is 4.91. The molecule has 3 heteroatoms. The van der Waals surface area contributed by atoms with Crippen molar-refractivity contribution < 1.29 is 0 Å². The Morgan fingerprint density at radius 3 is 1.43 bits per heavy atom. The van der Waals surface area contributed by atoms with Crippen molar-refractivity contribution in [1.29, 1.82) is 0 Å². The quantitative estimate of drug-likeness (QED) is 0.196. The number of fused-ring (bicyclic) bond motifs is 3. The average molecular weight is 562 g/mol. The molecule has 8 aromatic rings.